The summed E-state index contributed by atoms with van der Waals surface area (Å²) in [7, 11) is 0. The number of benzene rings is 3. The van der Waals surface area contributed by atoms with Gasteiger partial charge in [0.1, 0.15) is 6.61 Å². The Kier molecular flexibility index (Phi) is 15.7. The summed E-state index contributed by atoms with van der Waals surface area (Å²) in [6.45, 7) is 7.94. The average Bonchev–Trinajstić information content (AvgIpc) is 3.13. The smallest absolute Gasteiger partial charge is 0.309 e. The summed E-state index contributed by atoms with van der Waals surface area (Å²) in [4.78, 5) is 42.6. The number of rotatable bonds is 20. The van der Waals surface area contributed by atoms with Gasteiger partial charge in [-0.3, -0.25) is 14.4 Å². The molecule has 2 amide bonds. The zero-order chi connectivity index (χ0) is 34.8. The Labute approximate surface area is 295 Å². The number of aliphatic hydroxyl groups is 1. The van der Waals surface area contributed by atoms with E-state index in [0.717, 1.165) is 40.8 Å². The molecule has 49 heavy (non-hydrogen) atoms. The molecule has 4 atom stereocenters. The van der Waals surface area contributed by atoms with Crippen molar-refractivity contribution in [1.29, 1.82) is 0 Å². The van der Waals surface area contributed by atoms with Gasteiger partial charge >= 0.3 is 5.97 Å². The van der Waals surface area contributed by atoms with E-state index in [-0.39, 0.29) is 49.4 Å². The van der Waals surface area contributed by atoms with Crippen LogP contribution < -0.4 is 5.32 Å². The highest BCUT2D eigenvalue weighted by molar-refractivity contribution is 7.98. The fourth-order valence-corrected chi connectivity index (χ4v) is 7.22. The Morgan fingerprint density at radius 2 is 1.59 bits per heavy atom. The van der Waals surface area contributed by atoms with Crippen molar-refractivity contribution in [3.05, 3.63) is 132 Å². The summed E-state index contributed by atoms with van der Waals surface area (Å²) >= 11 is 1.65. The molecule has 1 aliphatic rings. The van der Waals surface area contributed by atoms with Gasteiger partial charge in [-0.05, 0) is 60.8 Å². The number of hydrogen-bond acceptors (Lipinski definition) is 6. The lowest BCUT2D eigenvalue weighted by atomic mass is 9.92. The number of nitrogens with zero attached hydrogens (tertiary/aromatic N) is 1. The van der Waals surface area contributed by atoms with Gasteiger partial charge in [0.15, 0.2) is 0 Å². The Bertz CT molecular complexity index is 1500. The first-order valence-corrected chi connectivity index (χ1v) is 18.4. The van der Waals surface area contributed by atoms with Crippen LogP contribution in [-0.2, 0) is 44.3 Å². The molecule has 8 heteroatoms. The third-order valence-corrected chi connectivity index (χ3v) is 10.1. The van der Waals surface area contributed by atoms with Crippen LogP contribution in [0.5, 0.6) is 0 Å². The van der Waals surface area contributed by atoms with Crippen LogP contribution in [0.25, 0.3) is 0 Å². The van der Waals surface area contributed by atoms with Crippen molar-refractivity contribution in [1.82, 2.24) is 10.2 Å². The first-order valence-electron chi connectivity index (χ1n) is 17.2. The molecule has 1 aliphatic heterocycles. The third-order valence-electron chi connectivity index (χ3n) is 8.95. The number of carbonyl (C=O) groups is 3. The maximum atomic E-state index is 13.8. The first-order chi connectivity index (χ1) is 23.9. The molecule has 3 aromatic rings. The summed E-state index contributed by atoms with van der Waals surface area (Å²) < 4.78 is 5.93. The molecule has 3 aromatic carbocycles. The quantitative estimate of drug-likeness (QED) is 0.0784. The minimum absolute atomic E-state index is 0.0113. The predicted octanol–water partition coefficient (Wildman–Crippen LogP) is 6.69. The summed E-state index contributed by atoms with van der Waals surface area (Å²) in [6.07, 6.45) is 7.30. The van der Waals surface area contributed by atoms with Crippen LogP contribution in [0.4, 0.5) is 0 Å². The molecular formula is C41H50N2O5S. The van der Waals surface area contributed by atoms with Crippen LogP contribution in [0.1, 0.15) is 54.4 Å². The van der Waals surface area contributed by atoms with E-state index in [9.17, 15) is 19.5 Å². The molecular weight excluding hydrogens is 633 g/mol. The summed E-state index contributed by atoms with van der Waals surface area (Å²) in [6, 6.07) is 27.2. The Morgan fingerprint density at radius 3 is 2.27 bits per heavy atom. The molecule has 0 radical (unpaired) electrons. The molecule has 4 rings (SSSR count). The van der Waals surface area contributed by atoms with E-state index in [2.05, 4.69) is 30.6 Å². The number of allylic oxidation sites excluding steroid dienone is 2. The van der Waals surface area contributed by atoms with E-state index in [1.54, 1.807) is 22.7 Å². The molecule has 260 valence electrons. The second-order valence-electron chi connectivity index (χ2n) is 12.7. The number of fused-ring (bicyclic) bond motifs is 1. The maximum Gasteiger partial charge on any atom is 0.309 e. The Hall–Kier alpha value is -4.14. The average molecular weight is 683 g/mol. The minimum atomic E-state index is -0.649. The molecule has 0 aliphatic carbocycles. The number of esters is 1. The zero-order valence-electron chi connectivity index (χ0n) is 28.4. The van der Waals surface area contributed by atoms with E-state index in [1.165, 1.54) is 0 Å². The second kappa shape index (κ2) is 20.4. The van der Waals surface area contributed by atoms with Crippen LogP contribution >= 0.6 is 11.8 Å². The number of amides is 2. The van der Waals surface area contributed by atoms with Gasteiger partial charge in [0.25, 0.3) is 0 Å². The van der Waals surface area contributed by atoms with Crippen LogP contribution in [0.2, 0.25) is 0 Å². The van der Waals surface area contributed by atoms with Gasteiger partial charge in [0, 0.05) is 24.5 Å². The number of hydrogen-bond donors (Lipinski definition) is 2. The van der Waals surface area contributed by atoms with Crippen LogP contribution in [0, 0.1) is 11.8 Å². The molecule has 0 saturated carbocycles. The highest BCUT2D eigenvalue weighted by Crippen LogP contribution is 2.26. The van der Waals surface area contributed by atoms with Crippen LogP contribution in [-0.4, -0.2) is 58.8 Å². The standard InChI is InChI=1S/C41H50N2O5S/c1-3-5-8-21-35(23-31-16-9-6-10-17-31)41(47)48-28-37(30-49-29-32-18-11-7-12-19-32)42-40(46)34(15-4-2)25-39(45)43-26-36-22-14-13-20-33(36)24-38(43)27-44/h3-4,6-7,9-14,16-20,22,34-35,37-38,44H,1-2,5,8,15,21,23-30H2,(H,42,46)/t34-,35-,37-,38+/m1/s1. The summed E-state index contributed by atoms with van der Waals surface area (Å²) in [5.41, 5.74) is 4.42. The normalized spacial score (nSPS) is 15.7. The number of thioether (sulfide) groups is 1. The first kappa shape index (κ1) is 37.7. The molecule has 0 unspecified atom stereocenters. The minimum Gasteiger partial charge on any atom is -0.463 e. The highest BCUT2D eigenvalue weighted by atomic mass is 32.2. The lowest BCUT2D eigenvalue weighted by Gasteiger charge is -2.36. The van der Waals surface area contributed by atoms with E-state index in [1.807, 2.05) is 78.9 Å². The lowest BCUT2D eigenvalue weighted by Crippen LogP contribution is -2.48. The number of aliphatic hydroxyl groups excluding tert-OH is 1. The summed E-state index contributed by atoms with van der Waals surface area (Å²) in [5.74, 6) is -0.428. The number of carbonyl (C=O) groups excluding carboxylic acids is 3. The molecule has 1 heterocycles. The van der Waals surface area contributed by atoms with Gasteiger partial charge in [0.2, 0.25) is 11.8 Å². The van der Waals surface area contributed by atoms with Crippen molar-refractivity contribution in [3.8, 4) is 0 Å². The molecule has 2 N–H and O–H groups in total. The van der Waals surface area contributed by atoms with Crippen LogP contribution in [0.15, 0.2) is 110 Å². The number of unbranched alkanes of at least 4 members (excludes halogenated alkanes) is 1. The predicted molar refractivity (Wildman–Crippen MR) is 198 cm³/mol. The lowest BCUT2D eigenvalue weighted by molar-refractivity contribution is -0.150. The molecule has 7 nitrogen and oxygen atoms in total. The van der Waals surface area contributed by atoms with Gasteiger partial charge in [-0.15, -0.1) is 13.2 Å². The van der Waals surface area contributed by atoms with Gasteiger partial charge in [-0.2, -0.15) is 11.8 Å². The second-order valence-corrected chi connectivity index (χ2v) is 13.7. The zero-order valence-corrected chi connectivity index (χ0v) is 29.2. The van der Waals surface area contributed by atoms with Gasteiger partial charge in [-0.25, -0.2) is 0 Å². The largest absolute Gasteiger partial charge is 0.463 e. The molecule has 0 bridgehead atoms. The van der Waals surface area contributed by atoms with Crippen molar-refractivity contribution in [2.24, 2.45) is 11.8 Å². The fourth-order valence-electron chi connectivity index (χ4n) is 6.21. The van der Waals surface area contributed by atoms with Crippen molar-refractivity contribution >= 4 is 29.5 Å². The Morgan fingerprint density at radius 1 is 0.918 bits per heavy atom. The van der Waals surface area contributed by atoms with Crippen molar-refractivity contribution < 1.29 is 24.2 Å². The fraction of sp³-hybridized carbons (Fsp3) is 0.390. The van der Waals surface area contributed by atoms with Crippen molar-refractivity contribution in [2.45, 2.75) is 69.3 Å². The highest BCUT2D eigenvalue weighted by Gasteiger charge is 2.32. The number of nitrogens with one attached hydrogen (secondary N) is 1. The topological polar surface area (TPSA) is 95.9 Å². The molecule has 0 saturated heterocycles. The van der Waals surface area contributed by atoms with E-state index >= 15 is 0 Å². The van der Waals surface area contributed by atoms with Gasteiger partial charge < -0.3 is 20.1 Å². The molecule has 0 fully saturated rings. The monoisotopic (exact) mass is 682 g/mol. The van der Waals surface area contributed by atoms with Gasteiger partial charge in [-0.1, -0.05) is 97.1 Å². The van der Waals surface area contributed by atoms with E-state index in [4.69, 9.17) is 4.74 Å². The Balaban J connectivity index is 1.43. The maximum absolute atomic E-state index is 13.8. The molecule has 0 spiro atoms. The van der Waals surface area contributed by atoms with Gasteiger partial charge in [0.05, 0.1) is 30.5 Å². The third kappa shape index (κ3) is 12.1. The molecule has 0 aromatic heterocycles. The van der Waals surface area contributed by atoms with E-state index < -0.39 is 12.0 Å². The van der Waals surface area contributed by atoms with Crippen molar-refractivity contribution in [3.63, 3.8) is 0 Å². The summed E-state index contributed by atoms with van der Waals surface area (Å²) in [5, 5.41) is 13.2. The SMILES string of the molecule is C=CCCC[C@H](Cc1ccccc1)C(=O)OC[C@H](CSCc1ccccc1)NC(=O)[C@H](CC=C)CC(=O)N1Cc2ccccc2C[C@H]1CO. The van der Waals surface area contributed by atoms with Crippen molar-refractivity contribution in [2.75, 3.05) is 19.0 Å². The van der Waals surface area contributed by atoms with E-state index in [0.29, 0.717) is 38.0 Å². The number of ether oxygens (including phenoxy) is 1. The van der Waals surface area contributed by atoms with Crippen LogP contribution in [0.3, 0.4) is 0 Å².